The first-order valence-electron chi connectivity index (χ1n) is 4.90. The number of rotatable bonds is 3. The van der Waals surface area contributed by atoms with Gasteiger partial charge in [-0.15, -0.1) is 0 Å². The Morgan fingerprint density at radius 1 is 1.31 bits per heavy atom. The molecule has 0 aliphatic carbocycles. The first-order valence-corrected chi connectivity index (χ1v) is 5.78. The molecule has 1 aliphatic heterocycles. The molecule has 2 amide bonds. The van der Waals surface area contributed by atoms with Crippen LogP contribution in [0.1, 0.15) is 6.92 Å². The minimum absolute atomic E-state index is 0.279. The van der Waals surface area contributed by atoms with Crippen LogP contribution in [0.3, 0.4) is 0 Å². The van der Waals surface area contributed by atoms with E-state index in [4.69, 9.17) is 4.74 Å². The summed E-state index contributed by atoms with van der Waals surface area (Å²) in [6.07, 6.45) is -0.334. The molecule has 1 aromatic rings. The first-order chi connectivity index (χ1) is 7.66. The van der Waals surface area contributed by atoms with Gasteiger partial charge in [-0.25, -0.2) is 0 Å². The van der Waals surface area contributed by atoms with Crippen LogP contribution in [0.15, 0.2) is 30.3 Å². The van der Waals surface area contributed by atoms with Gasteiger partial charge in [0.15, 0.2) is 0 Å². The van der Waals surface area contributed by atoms with Crippen molar-refractivity contribution in [3.63, 3.8) is 0 Å². The highest BCUT2D eigenvalue weighted by Crippen LogP contribution is 2.25. The maximum Gasteiger partial charge on any atom is 0.286 e. The predicted molar refractivity (Wildman–Crippen MR) is 61.4 cm³/mol. The predicted octanol–water partition coefficient (Wildman–Crippen LogP) is 1.81. The maximum absolute atomic E-state index is 11.4. The number of hydrogen-bond donors (Lipinski definition) is 1. The lowest BCUT2D eigenvalue weighted by Crippen LogP contribution is -2.34. The van der Waals surface area contributed by atoms with Crippen molar-refractivity contribution in [2.24, 2.45) is 0 Å². The molecule has 1 N–H and O–H groups in total. The number of imide groups is 1. The van der Waals surface area contributed by atoms with E-state index < -0.39 is 5.25 Å². The van der Waals surface area contributed by atoms with E-state index in [1.54, 1.807) is 6.92 Å². The number of ether oxygens (including phenoxy) is 1. The van der Waals surface area contributed by atoms with Gasteiger partial charge < -0.3 is 4.74 Å². The molecule has 1 aliphatic rings. The Morgan fingerprint density at radius 2 is 2.00 bits per heavy atom. The van der Waals surface area contributed by atoms with E-state index in [9.17, 15) is 9.59 Å². The van der Waals surface area contributed by atoms with E-state index in [-0.39, 0.29) is 17.3 Å². The normalized spacial score (nSPS) is 21.7. The van der Waals surface area contributed by atoms with Crippen molar-refractivity contribution in [3.8, 4) is 5.75 Å². The zero-order valence-electron chi connectivity index (χ0n) is 8.67. The molecule has 1 aromatic carbocycles. The van der Waals surface area contributed by atoms with Crippen molar-refractivity contribution in [2.75, 3.05) is 0 Å². The van der Waals surface area contributed by atoms with Crippen LogP contribution in [0.25, 0.3) is 0 Å². The summed E-state index contributed by atoms with van der Waals surface area (Å²) in [7, 11) is 0. The van der Waals surface area contributed by atoms with Gasteiger partial charge in [0.2, 0.25) is 5.91 Å². The average Bonchev–Trinajstić information content (AvgIpc) is 2.59. The largest absolute Gasteiger partial charge is 0.489 e. The Balaban J connectivity index is 2.01. The van der Waals surface area contributed by atoms with Crippen molar-refractivity contribution in [1.82, 2.24) is 5.32 Å². The third-order valence-electron chi connectivity index (χ3n) is 2.21. The van der Waals surface area contributed by atoms with E-state index in [1.165, 1.54) is 0 Å². The summed E-state index contributed by atoms with van der Waals surface area (Å²) in [6.45, 7) is 1.78. The first kappa shape index (κ1) is 11.0. The van der Waals surface area contributed by atoms with Crippen LogP contribution >= 0.6 is 11.8 Å². The van der Waals surface area contributed by atoms with Crippen LogP contribution in [-0.4, -0.2) is 22.5 Å². The Labute approximate surface area is 97.4 Å². The van der Waals surface area contributed by atoms with Gasteiger partial charge in [-0.1, -0.05) is 18.2 Å². The second-order valence-corrected chi connectivity index (χ2v) is 4.57. The third kappa shape index (κ3) is 2.36. The molecule has 0 saturated carbocycles. The second kappa shape index (κ2) is 4.57. The Bertz CT molecular complexity index is 407. The number of hydrogen-bond acceptors (Lipinski definition) is 4. The number of benzene rings is 1. The maximum atomic E-state index is 11.4. The molecule has 4 nitrogen and oxygen atoms in total. The van der Waals surface area contributed by atoms with Crippen LogP contribution in [0.2, 0.25) is 0 Å². The molecule has 1 saturated heterocycles. The van der Waals surface area contributed by atoms with Crippen LogP contribution in [-0.2, 0) is 4.79 Å². The lowest BCUT2D eigenvalue weighted by Gasteiger charge is -2.17. The molecular weight excluding hydrogens is 226 g/mol. The molecule has 0 spiro atoms. The van der Waals surface area contributed by atoms with E-state index in [0.29, 0.717) is 5.75 Å². The van der Waals surface area contributed by atoms with Crippen LogP contribution in [0, 0.1) is 0 Å². The minimum Gasteiger partial charge on any atom is -0.489 e. The van der Waals surface area contributed by atoms with Gasteiger partial charge in [0.05, 0.1) is 0 Å². The van der Waals surface area contributed by atoms with Gasteiger partial charge in [0.25, 0.3) is 5.24 Å². The highest BCUT2D eigenvalue weighted by Gasteiger charge is 2.37. The Morgan fingerprint density at radius 3 is 2.56 bits per heavy atom. The standard InChI is InChI=1S/C11H11NO3S/c1-7(9-10(13)12-11(14)16-9)15-8-5-3-2-4-6-8/h2-7,9H,1H3,(H,12,13,14). The van der Waals surface area contributed by atoms with Gasteiger partial charge in [0.1, 0.15) is 17.1 Å². The van der Waals surface area contributed by atoms with Crippen LogP contribution in [0.5, 0.6) is 5.75 Å². The molecular formula is C11H11NO3S. The number of nitrogens with one attached hydrogen (secondary N) is 1. The van der Waals surface area contributed by atoms with Crippen molar-refractivity contribution in [3.05, 3.63) is 30.3 Å². The molecule has 16 heavy (non-hydrogen) atoms. The monoisotopic (exact) mass is 237 g/mol. The van der Waals surface area contributed by atoms with Crippen molar-refractivity contribution in [1.29, 1.82) is 0 Å². The van der Waals surface area contributed by atoms with Crippen LogP contribution < -0.4 is 10.1 Å². The average molecular weight is 237 g/mol. The number of thioether (sulfide) groups is 1. The minimum atomic E-state index is -0.465. The quantitative estimate of drug-likeness (QED) is 0.871. The molecule has 2 unspecified atom stereocenters. The second-order valence-electron chi connectivity index (χ2n) is 3.45. The molecule has 2 atom stereocenters. The van der Waals surface area contributed by atoms with Crippen molar-refractivity contribution in [2.45, 2.75) is 18.3 Å². The molecule has 1 heterocycles. The SMILES string of the molecule is CC(Oc1ccccc1)C1SC(=O)NC1=O. The fourth-order valence-electron chi connectivity index (χ4n) is 1.45. The van der Waals surface area contributed by atoms with Crippen LogP contribution in [0.4, 0.5) is 4.79 Å². The Hall–Kier alpha value is -1.49. The summed E-state index contributed by atoms with van der Waals surface area (Å²) in [4.78, 5) is 22.4. The molecule has 0 radical (unpaired) electrons. The van der Waals surface area contributed by atoms with Crippen molar-refractivity contribution >= 4 is 22.9 Å². The number of carbonyl (C=O) groups excluding carboxylic acids is 2. The zero-order valence-corrected chi connectivity index (χ0v) is 9.49. The summed E-state index contributed by atoms with van der Waals surface area (Å²) >= 11 is 0.976. The number of amides is 2. The summed E-state index contributed by atoms with van der Waals surface area (Å²) in [5.41, 5.74) is 0. The lowest BCUT2D eigenvalue weighted by molar-refractivity contribution is -0.120. The lowest BCUT2D eigenvalue weighted by atomic mass is 10.2. The van der Waals surface area contributed by atoms with Gasteiger partial charge >= 0.3 is 0 Å². The highest BCUT2D eigenvalue weighted by molar-refractivity contribution is 8.15. The molecule has 5 heteroatoms. The zero-order chi connectivity index (χ0) is 11.5. The van der Waals surface area contributed by atoms with Gasteiger partial charge in [-0.3, -0.25) is 14.9 Å². The number of carbonyl (C=O) groups is 2. The van der Waals surface area contributed by atoms with Gasteiger partial charge in [-0.2, -0.15) is 0 Å². The molecule has 84 valence electrons. The van der Waals surface area contributed by atoms with E-state index in [1.807, 2.05) is 30.3 Å². The smallest absolute Gasteiger partial charge is 0.286 e. The van der Waals surface area contributed by atoms with E-state index >= 15 is 0 Å². The molecule has 1 fully saturated rings. The molecule has 0 bridgehead atoms. The summed E-state index contributed by atoms with van der Waals surface area (Å²) in [6, 6.07) is 9.23. The van der Waals surface area contributed by atoms with Crippen molar-refractivity contribution < 1.29 is 14.3 Å². The van der Waals surface area contributed by atoms with E-state index in [2.05, 4.69) is 5.32 Å². The molecule has 0 aromatic heterocycles. The fraction of sp³-hybridized carbons (Fsp3) is 0.273. The van der Waals surface area contributed by atoms with Gasteiger partial charge in [-0.05, 0) is 30.8 Å². The summed E-state index contributed by atoms with van der Waals surface area (Å²) < 4.78 is 5.58. The summed E-state index contributed by atoms with van der Waals surface area (Å²) in [5.74, 6) is 0.418. The third-order valence-corrected chi connectivity index (χ3v) is 3.38. The molecule has 2 rings (SSSR count). The summed E-state index contributed by atoms with van der Waals surface area (Å²) in [5, 5.41) is 1.47. The fourth-order valence-corrected chi connectivity index (χ4v) is 2.26. The highest BCUT2D eigenvalue weighted by atomic mass is 32.2. The topological polar surface area (TPSA) is 55.4 Å². The Kier molecular flexibility index (Phi) is 3.14. The number of para-hydroxylation sites is 1. The van der Waals surface area contributed by atoms with Gasteiger partial charge in [0, 0.05) is 0 Å². The van der Waals surface area contributed by atoms with E-state index in [0.717, 1.165) is 11.8 Å².